The van der Waals surface area contributed by atoms with Crippen molar-refractivity contribution >= 4 is 11.6 Å². The Morgan fingerprint density at radius 2 is 2.06 bits per heavy atom. The average Bonchev–Trinajstić information content (AvgIpc) is 2.27. The fraction of sp³-hybridized carbons (Fsp3) is 0.538. The van der Waals surface area contributed by atoms with Crippen molar-refractivity contribution in [2.75, 3.05) is 13.6 Å². The van der Waals surface area contributed by atoms with Crippen LogP contribution in [-0.4, -0.2) is 24.5 Å². The van der Waals surface area contributed by atoms with Crippen LogP contribution < -0.4 is 5.73 Å². The molecule has 0 heterocycles. The van der Waals surface area contributed by atoms with E-state index in [2.05, 4.69) is 18.7 Å². The molecule has 4 heteroatoms. The van der Waals surface area contributed by atoms with E-state index in [9.17, 15) is 4.39 Å². The molecule has 0 aromatic heterocycles. The van der Waals surface area contributed by atoms with Crippen molar-refractivity contribution < 1.29 is 4.39 Å². The van der Waals surface area contributed by atoms with Crippen LogP contribution in [0.15, 0.2) is 18.2 Å². The first kappa shape index (κ1) is 14.4. The van der Waals surface area contributed by atoms with Crippen LogP contribution in [0.4, 0.5) is 4.39 Å². The van der Waals surface area contributed by atoms with Crippen LogP contribution in [0.5, 0.6) is 0 Å². The van der Waals surface area contributed by atoms with E-state index in [4.69, 9.17) is 17.3 Å². The van der Waals surface area contributed by atoms with Gasteiger partial charge in [-0.05, 0) is 44.2 Å². The molecule has 1 aromatic rings. The third kappa shape index (κ3) is 3.66. The maximum absolute atomic E-state index is 13.3. The van der Waals surface area contributed by atoms with Gasteiger partial charge in [-0.3, -0.25) is 4.90 Å². The minimum absolute atomic E-state index is 0.00171. The summed E-state index contributed by atoms with van der Waals surface area (Å²) in [5.74, 6) is -0.316. The molecular formula is C13H20ClFN2. The fourth-order valence-electron chi connectivity index (χ4n) is 1.90. The van der Waals surface area contributed by atoms with Crippen LogP contribution in [-0.2, 0) is 0 Å². The number of benzene rings is 1. The summed E-state index contributed by atoms with van der Waals surface area (Å²) in [5.41, 5.74) is 6.62. The van der Waals surface area contributed by atoms with Crippen LogP contribution >= 0.6 is 11.6 Å². The third-order valence-electron chi connectivity index (χ3n) is 3.27. The zero-order chi connectivity index (χ0) is 13.0. The second kappa shape index (κ2) is 6.34. The maximum atomic E-state index is 13.3. The van der Waals surface area contributed by atoms with Crippen molar-refractivity contribution in [1.29, 1.82) is 0 Å². The lowest BCUT2D eigenvalue weighted by molar-refractivity contribution is 0.184. The van der Waals surface area contributed by atoms with Gasteiger partial charge in [-0.25, -0.2) is 4.39 Å². The standard InChI is InChI=1S/C13H20ClFN2/c1-4-9(2)17(3)13(8-16)10-5-11(14)7-12(15)6-10/h5-7,9,13H,4,8,16H2,1-3H3. The summed E-state index contributed by atoms with van der Waals surface area (Å²) < 4.78 is 13.3. The van der Waals surface area contributed by atoms with Crippen LogP contribution in [0, 0.1) is 5.82 Å². The molecule has 0 amide bonds. The molecule has 96 valence electrons. The largest absolute Gasteiger partial charge is 0.329 e. The second-order valence-electron chi connectivity index (χ2n) is 4.38. The zero-order valence-corrected chi connectivity index (χ0v) is 11.3. The summed E-state index contributed by atoms with van der Waals surface area (Å²) in [4.78, 5) is 2.16. The van der Waals surface area contributed by atoms with Crippen molar-refractivity contribution in [2.45, 2.75) is 32.4 Å². The van der Waals surface area contributed by atoms with Gasteiger partial charge in [-0.15, -0.1) is 0 Å². The summed E-state index contributed by atoms with van der Waals surface area (Å²) >= 11 is 5.87. The lowest BCUT2D eigenvalue weighted by Crippen LogP contribution is -2.36. The maximum Gasteiger partial charge on any atom is 0.125 e. The highest BCUT2D eigenvalue weighted by atomic mass is 35.5. The number of nitrogens with zero attached hydrogens (tertiary/aromatic N) is 1. The summed E-state index contributed by atoms with van der Waals surface area (Å²) in [6.45, 7) is 4.69. The summed E-state index contributed by atoms with van der Waals surface area (Å²) in [6.07, 6.45) is 1.02. The Labute approximate surface area is 108 Å². The quantitative estimate of drug-likeness (QED) is 0.879. The molecular weight excluding hydrogens is 239 g/mol. The first-order chi connectivity index (χ1) is 7.99. The molecule has 1 aromatic carbocycles. The highest BCUT2D eigenvalue weighted by Gasteiger charge is 2.20. The lowest BCUT2D eigenvalue weighted by Gasteiger charge is -2.32. The molecule has 0 aliphatic heterocycles. The highest BCUT2D eigenvalue weighted by Crippen LogP contribution is 2.25. The van der Waals surface area contributed by atoms with Crippen molar-refractivity contribution in [3.05, 3.63) is 34.6 Å². The van der Waals surface area contributed by atoms with E-state index in [1.54, 1.807) is 6.07 Å². The van der Waals surface area contributed by atoms with Crippen LogP contribution in [0.25, 0.3) is 0 Å². The third-order valence-corrected chi connectivity index (χ3v) is 3.49. The predicted molar refractivity (Wildman–Crippen MR) is 70.7 cm³/mol. The molecule has 0 aliphatic rings. The van der Waals surface area contributed by atoms with Crippen LogP contribution in [0.2, 0.25) is 5.02 Å². The number of hydrogen-bond donors (Lipinski definition) is 1. The molecule has 0 spiro atoms. The van der Waals surface area contributed by atoms with Gasteiger partial charge in [0.1, 0.15) is 5.82 Å². The van der Waals surface area contributed by atoms with Gasteiger partial charge in [0.05, 0.1) is 0 Å². The van der Waals surface area contributed by atoms with Crippen molar-refractivity contribution in [3.8, 4) is 0 Å². The van der Waals surface area contributed by atoms with E-state index in [-0.39, 0.29) is 11.9 Å². The number of halogens is 2. The molecule has 2 unspecified atom stereocenters. The summed E-state index contributed by atoms with van der Waals surface area (Å²) in [7, 11) is 2.00. The smallest absolute Gasteiger partial charge is 0.125 e. The molecule has 0 aliphatic carbocycles. The predicted octanol–water partition coefficient (Wildman–Crippen LogP) is 3.21. The highest BCUT2D eigenvalue weighted by molar-refractivity contribution is 6.30. The van der Waals surface area contributed by atoms with Gasteiger partial charge in [0.15, 0.2) is 0 Å². The van der Waals surface area contributed by atoms with Gasteiger partial charge in [-0.2, -0.15) is 0 Å². The van der Waals surface area contributed by atoms with E-state index < -0.39 is 0 Å². The Morgan fingerprint density at radius 3 is 2.53 bits per heavy atom. The monoisotopic (exact) mass is 258 g/mol. The number of hydrogen-bond acceptors (Lipinski definition) is 2. The van der Waals surface area contributed by atoms with Crippen molar-refractivity contribution in [3.63, 3.8) is 0 Å². The van der Waals surface area contributed by atoms with E-state index in [1.807, 2.05) is 7.05 Å². The van der Waals surface area contributed by atoms with Crippen LogP contribution in [0.1, 0.15) is 31.9 Å². The van der Waals surface area contributed by atoms with Gasteiger partial charge >= 0.3 is 0 Å². The van der Waals surface area contributed by atoms with Gasteiger partial charge in [0.25, 0.3) is 0 Å². The Bertz CT molecular complexity index is 350. The van der Waals surface area contributed by atoms with E-state index >= 15 is 0 Å². The molecule has 2 atom stereocenters. The molecule has 0 saturated heterocycles. The molecule has 0 bridgehead atoms. The Balaban J connectivity index is 3.00. The lowest BCUT2D eigenvalue weighted by atomic mass is 10.0. The van der Waals surface area contributed by atoms with Crippen molar-refractivity contribution in [1.82, 2.24) is 4.90 Å². The Hall–Kier alpha value is -0.640. The topological polar surface area (TPSA) is 29.3 Å². The Morgan fingerprint density at radius 1 is 1.41 bits per heavy atom. The average molecular weight is 259 g/mol. The zero-order valence-electron chi connectivity index (χ0n) is 10.6. The van der Waals surface area contributed by atoms with Crippen LogP contribution in [0.3, 0.4) is 0 Å². The minimum atomic E-state index is -0.316. The molecule has 0 fully saturated rings. The summed E-state index contributed by atoms with van der Waals surface area (Å²) in [5, 5.41) is 0.413. The molecule has 0 saturated carbocycles. The SMILES string of the molecule is CCC(C)N(C)C(CN)c1cc(F)cc(Cl)c1. The van der Waals surface area contributed by atoms with Gasteiger partial charge < -0.3 is 5.73 Å². The normalized spacial score (nSPS) is 15.0. The first-order valence-electron chi connectivity index (χ1n) is 5.87. The molecule has 17 heavy (non-hydrogen) atoms. The Kier molecular flexibility index (Phi) is 5.37. The second-order valence-corrected chi connectivity index (χ2v) is 4.81. The molecule has 0 radical (unpaired) electrons. The summed E-state index contributed by atoms with van der Waals surface area (Å²) in [6, 6.07) is 4.98. The molecule has 2 nitrogen and oxygen atoms in total. The molecule has 1 rings (SSSR count). The fourth-order valence-corrected chi connectivity index (χ4v) is 2.13. The van der Waals surface area contributed by atoms with E-state index in [1.165, 1.54) is 12.1 Å². The minimum Gasteiger partial charge on any atom is -0.329 e. The van der Waals surface area contributed by atoms with Crippen molar-refractivity contribution in [2.24, 2.45) is 5.73 Å². The number of rotatable bonds is 5. The van der Waals surface area contributed by atoms with Gasteiger partial charge in [-0.1, -0.05) is 18.5 Å². The van der Waals surface area contributed by atoms with E-state index in [0.717, 1.165) is 12.0 Å². The number of nitrogens with two attached hydrogens (primary N) is 1. The number of likely N-dealkylation sites (N-methyl/N-ethyl adjacent to an activating group) is 1. The van der Waals surface area contributed by atoms with E-state index in [0.29, 0.717) is 17.6 Å². The van der Waals surface area contributed by atoms with Gasteiger partial charge in [0.2, 0.25) is 0 Å². The van der Waals surface area contributed by atoms with Gasteiger partial charge in [0, 0.05) is 23.7 Å². The first-order valence-corrected chi connectivity index (χ1v) is 6.25. The molecule has 2 N–H and O–H groups in total.